The Morgan fingerprint density at radius 1 is 0.889 bits per heavy atom. The number of allylic oxidation sites excluding steroid dienone is 2. The van der Waals surface area contributed by atoms with Crippen molar-refractivity contribution in [2.45, 2.75) is 65.2 Å². The maximum absolute atomic E-state index is 2.46. The van der Waals surface area contributed by atoms with Gasteiger partial charge < -0.3 is 0 Å². The highest BCUT2D eigenvalue weighted by Crippen LogP contribution is 2.21. The molecule has 0 radical (unpaired) electrons. The molecule has 1 aromatic rings. The van der Waals surface area contributed by atoms with Crippen molar-refractivity contribution in [1.29, 1.82) is 0 Å². The van der Waals surface area contributed by atoms with Crippen LogP contribution in [-0.4, -0.2) is 0 Å². The van der Waals surface area contributed by atoms with Gasteiger partial charge in [-0.3, -0.25) is 0 Å². The van der Waals surface area contributed by atoms with Gasteiger partial charge in [0.25, 0.3) is 0 Å². The minimum absolute atomic E-state index is 1.21. The third kappa shape index (κ3) is 6.05. The van der Waals surface area contributed by atoms with Crippen molar-refractivity contribution in [2.75, 3.05) is 0 Å². The third-order valence-electron chi connectivity index (χ3n) is 3.36. The molecule has 0 bridgehead atoms. The van der Waals surface area contributed by atoms with Crippen LogP contribution in [0.1, 0.15) is 70.8 Å². The summed E-state index contributed by atoms with van der Waals surface area (Å²) in [5.74, 6) is 0. The molecule has 1 rings (SSSR count). The van der Waals surface area contributed by atoms with Gasteiger partial charge in [0.05, 0.1) is 0 Å². The van der Waals surface area contributed by atoms with Gasteiger partial charge in [-0.05, 0) is 30.4 Å². The maximum Gasteiger partial charge on any atom is -0.0228 e. The predicted octanol–water partition coefficient (Wildman–Crippen LogP) is 6.23. The van der Waals surface area contributed by atoms with Crippen LogP contribution in [0.2, 0.25) is 0 Å². The van der Waals surface area contributed by atoms with Gasteiger partial charge in [-0.25, -0.2) is 0 Å². The molecule has 0 fully saturated rings. The summed E-state index contributed by atoms with van der Waals surface area (Å²) in [4.78, 5) is 0. The van der Waals surface area contributed by atoms with E-state index in [2.05, 4.69) is 50.3 Å². The Kier molecular flexibility index (Phi) is 8.29. The molecule has 0 saturated carbocycles. The fraction of sp³-hybridized carbons (Fsp3) is 0.556. The summed E-state index contributed by atoms with van der Waals surface area (Å²) < 4.78 is 0. The van der Waals surface area contributed by atoms with E-state index >= 15 is 0 Å². The molecule has 0 amide bonds. The molecule has 0 aromatic heterocycles. The van der Waals surface area contributed by atoms with E-state index in [0.717, 1.165) is 0 Å². The molecule has 0 nitrogen and oxygen atoms in total. The Bertz CT molecular complexity index is 321. The number of rotatable bonds is 9. The van der Waals surface area contributed by atoms with Crippen LogP contribution in [0.4, 0.5) is 0 Å². The van der Waals surface area contributed by atoms with Gasteiger partial charge in [-0.1, -0.05) is 82.4 Å². The highest BCUT2D eigenvalue weighted by atomic mass is 14.0. The Hall–Kier alpha value is -1.04. The van der Waals surface area contributed by atoms with Crippen molar-refractivity contribution < 1.29 is 0 Å². The second kappa shape index (κ2) is 9.94. The molecule has 0 atom stereocenters. The van der Waals surface area contributed by atoms with Gasteiger partial charge in [-0.15, -0.1) is 0 Å². The first-order valence-corrected chi connectivity index (χ1v) is 7.63. The van der Waals surface area contributed by atoms with Crippen molar-refractivity contribution in [2.24, 2.45) is 0 Å². The molecule has 0 aliphatic heterocycles. The van der Waals surface area contributed by atoms with Crippen LogP contribution in [0.15, 0.2) is 36.4 Å². The SMILES string of the molecule is CCCCCCC/C=C(/CCC)c1ccccc1. The van der Waals surface area contributed by atoms with Gasteiger partial charge in [0.1, 0.15) is 0 Å². The van der Waals surface area contributed by atoms with Gasteiger partial charge in [0.2, 0.25) is 0 Å². The molecule has 0 unspecified atom stereocenters. The van der Waals surface area contributed by atoms with E-state index in [9.17, 15) is 0 Å². The highest BCUT2D eigenvalue weighted by molar-refractivity contribution is 5.65. The van der Waals surface area contributed by atoms with Crippen LogP contribution in [0.3, 0.4) is 0 Å². The van der Waals surface area contributed by atoms with Crippen molar-refractivity contribution in [3.63, 3.8) is 0 Å². The van der Waals surface area contributed by atoms with Crippen molar-refractivity contribution in [3.8, 4) is 0 Å². The van der Waals surface area contributed by atoms with Crippen LogP contribution < -0.4 is 0 Å². The molecule has 0 heterocycles. The quantitative estimate of drug-likeness (QED) is 0.452. The Morgan fingerprint density at radius 2 is 1.61 bits per heavy atom. The van der Waals surface area contributed by atoms with Crippen LogP contribution in [0, 0.1) is 0 Å². The Balaban J connectivity index is 2.42. The largest absolute Gasteiger partial charge is 0.0807 e. The van der Waals surface area contributed by atoms with Crippen LogP contribution >= 0.6 is 0 Å². The second-order valence-corrected chi connectivity index (χ2v) is 5.05. The molecule has 0 N–H and O–H groups in total. The van der Waals surface area contributed by atoms with Crippen molar-refractivity contribution in [1.82, 2.24) is 0 Å². The van der Waals surface area contributed by atoms with Crippen LogP contribution in [0.25, 0.3) is 5.57 Å². The van der Waals surface area contributed by atoms with E-state index in [1.54, 1.807) is 0 Å². The van der Waals surface area contributed by atoms with Crippen molar-refractivity contribution >= 4 is 5.57 Å². The normalized spacial score (nSPS) is 11.8. The lowest BCUT2D eigenvalue weighted by Crippen LogP contribution is -1.85. The predicted molar refractivity (Wildman–Crippen MR) is 82.7 cm³/mol. The topological polar surface area (TPSA) is 0 Å². The monoisotopic (exact) mass is 244 g/mol. The minimum Gasteiger partial charge on any atom is -0.0807 e. The van der Waals surface area contributed by atoms with Gasteiger partial charge in [0.15, 0.2) is 0 Å². The van der Waals surface area contributed by atoms with E-state index in [1.807, 2.05) is 0 Å². The fourth-order valence-electron chi connectivity index (χ4n) is 2.31. The first kappa shape index (κ1) is 15.0. The minimum atomic E-state index is 1.21. The van der Waals surface area contributed by atoms with E-state index in [4.69, 9.17) is 0 Å². The smallest absolute Gasteiger partial charge is 0.0228 e. The van der Waals surface area contributed by atoms with Gasteiger partial charge in [0, 0.05) is 0 Å². The lowest BCUT2D eigenvalue weighted by atomic mass is 9.99. The lowest BCUT2D eigenvalue weighted by Gasteiger charge is -2.06. The molecular formula is C18H28. The highest BCUT2D eigenvalue weighted by Gasteiger charge is 1.99. The molecule has 0 aliphatic rings. The van der Waals surface area contributed by atoms with Gasteiger partial charge in [-0.2, -0.15) is 0 Å². The second-order valence-electron chi connectivity index (χ2n) is 5.05. The molecule has 0 spiro atoms. The van der Waals surface area contributed by atoms with Crippen molar-refractivity contribution in [3.05, 3.63) is 42.0 Å². The first-order valence-electron chi connectivity index (χ1n) is 7.63. The average molecular weight is 244 g/mol. The first-order chi connectivity index (χ1) is 8.88. The number of unbranched alkanes of at least 4 members (excludes halogenated alkanes) is 5. The Labute approximate surface area is 113 Å². The van der Waals surface area contributed by atoms with Crippen LogP contribution in [0.5, 0.6) is 0 Å². The molecule has 1 aromatic carbocycles. The summed E-state index contributed by atoms with van der Waals surface area (Å²) in [5, 5.41) is 0. The molecular weight excluding hydrogens is 216 g/mol. The van der Waals surface area contributed by atoms with E-state index in [-0.39, 0.29) is 0 Å². The standard InChI is InChI=1S/C18H28/c1-3-5-6-7-8-10-14-17(13-4-2)18-15-11-9-12-16-18/h9,11-12,14-16H,3-8,10,13H2,1-2H3/b17-14-. The van der Waals surface area contributed by atoms with Gasteiger partial charge >= 0.3 is 0 Å². The van der Waals surface area contributed by atoms with E-state index < -0.39 is 0 Å². The summed E-state index contributed by atoms with van der Waals surface area (Å²) in [6.07, 6.45) is 13.0. The molecule has 0 saturated heterocycles. The average Bonchev–Trinajstić information content (AvgIpc) is 2.42. The zero-order valence-corrected chi connectivity index (χ0v) is 12.1. The summed E-state index contributed by atoms with van der Waals surface area (Å²) in [5.41, 5.74) is 2.95. The molecule has 100 valence electrons. The summed E-state index contributed by atoms with van der Waals surface area (Å²) in [7, 11) is 0. The molecule has 0 heteroatoms. The molecule has 18 heavy (non-hydrogen) atoms. The fourth-order valence-corrected chi connectivity index (χ4v) is 2.31. The Morgan fingerprint density at radius 3 is 2.28 bits per heavy atom. The third-order valence-corrected chi connectivity index (χ3v) is 3.36. The van der Waals surface area contributed by atoms with Crippen LogP contribution in [-0.2, 0) is 0 Å². The lowest BCUT2D eigenvalue weighted by molar-refractivity contribution is 0.637. The number of hydrogen-bond donors (Lipinski definition) is 0. The zero-order chi connectivity index (χ0) is 13.1. The zero-order valence-electron chi connectivity index (χ0n) is 12.1. The maximum atomic E-state index is 2.46. The van der Waals surface area contributed by atoms with E-state index in [0.29, 0.717) is 0 Å². The molecule has 0 aliphatic carbocycles. The summed E-state index contributed by atoms with van der Waals surface area (Å²) >= 11 is 0. The summed E-state index contributed by atoms with van der Waals surface area (Å²) in [6.45, 7) is 4.53. The number of hydrogen-bond acceptors (Lipinski definition) is 0. The number of benzene rings is 1. The van der Waals surface area contributed by atoms with E-state index in [1.165, 1.54) is 62.5 Å². The summed E-state index contributed by atoms with van der Waals surface area (Å²) in [6, 6.07) is 10.8.